The number of aromatic amines is 2. The van der Waals surface area contributed by atoms with Crippen molar-refractivity contribution in [2.45, 2.75) is 5.92 Å². The first-order valence-electron chi connectivity index (χ1n) is 9.59. The van der Waals surface area contributed by atoms with Crippen LogP contribution in [0.4, 0.5) is 4.39 Å². The van der Waals surface area contributed by atoms with Gasteiger partial charge in [0.2, 0.25) is 5.91 Å². The molecule has 31 heavy (non-hydrogen) atoms. The Hall–Kier alpha value is -4.33. The van der Waals surface area contributed by atoms with Gasteiger partial charge in [-0.3, -0.25) is 15.0 Å². The van der Waals surface area contributed by atoms with Crippen molar-refractivity contribution in [2.75, 3.05) is 0 Å². The Morgan fingerprint density at radius 1 is 0.935 bits per heavy atom. The summed E-state index contributed by atoms with van der Waals surface area (Å²) in [6.45, 7) is 0. The summed E-state index contributed by atoms with van der Waals surface area (Å²) in [6.07, 6.45) is 1.46. The molecule has 0 aliphatic carbocycles. The van der Waals surface area contributed by atoms with Crippen LogP contribution in [-0.4, -0.2) is 31.3 Å². The lowest BCUT2D eigenvalue weighted by atomic mass is 9.89. The van der Waals surface area contributed by atoms with Crippen LogP contribution in [-0.2, 0) is 4.79 Å². The van der Waals surface area contributed by atoms with Crippen LogP contribution in [0.1, 0.15) is 17.0 Å². The highest BCUT2D eigenvalue weighted by atomic mass is 19.1. The van der Waals surface area contributed by atoms with Crippen molar-refractivity contribution in [1.29, 1.82) is 0 Å². The minimum absolute atomic E-state index is 0.369. The maximum Gasteiger partial charge on any atom is 0.229 e. The second kappa shape index (κ2) is 7.49. The molecule has 2 heterocycles. The van der Waals surface area contributed by atoms with E-state index in [-0.39, 0.29) is 5.82 Å². The molecule has 5 rings (SSSR count). The summed E-state index contributed by atoms with van der Waals surface area (Å²) >= 11 is 0. The summed E-state index contributed by atoms with van der Waals surface area (Å²) in [6, 6.07) is 19.1. The molecule has 3 aromatic carbocycles. The third kappa shape index (κ3) is 3.44. The largest absolute Gasteiger partial charge is 0.369 e. The van der Waals surface area contributed by atoms with Crippen LogP contribution in [0.25, 0.3) is 33.5 Å². The zero-order valence-electron chi connectivity index (χ0n) is 16.2. The van der Waals surface area contributed by atoms with Gasteiger partial charge in [-0.1, -0.05) is 30.3 Å². The highest BCUT2D eigenvalue weighted by Crippen LogP contribution is 2.32. The van der Waals surface area contributed by atoms with Crippen molar-refractivity contribution in [3.05, 3.63) is 90.0 Å². The van der Waals surface area contributed by atoms with Gasteiger partial charge >= 0.3 is 0 Å². The number of carbonyl (C=O) groups excluding carboxylic acids is 1. The minimum Gasteiger partial charge on any atom is -0.369 e. The summed E-state index contributed by atoms with van der Waals surface area (Å²) in [5.74, 6) is -0.919. The van der Waals surface area contributed by atoms with E-state index in [0.29, 0.717) is 17.0 Å². The van der Waals surface area contributed by atoms with E-state index in [9.17, 15) is 9.18 Å². The van der Waals surface area contributed by atoms with E-state index in [1.807, 2.05) is 42.5 Å². The minimum atomic E-state index is -0.699. The van der Waals surface area contributed by atoms with Gasteiger partial charge in [0.05, 0.1) is 17.1 Å². The molecular weight excluding hydrogens is 395 g/mol. The number of fused-ring (bicyclic) bond motifs is 1. The van der Waals surface area contributed by atoms with E-state index in [1.165, 1.54) is 18.5 Å². The normalized spacial score (nSPS) is 12.2. The number of rotatable bonds is 5. The fourth-order valence-corrected chi connectivity index (χ4v) is 3.77. The maximum atomic E-state index is 13.3. The molecule has 152 valence electrons. The molecule has 0 bridgehead atoms. The molecule has 0 spiro atoms. The van der Waals surface area contributed by atoms with Crippen LogP contribution in [0.15, 0.2) is 73.1 Å². The topological polar surface area (TPSA) is 113 Å². The number of amides is 1. The van der Waals surface area contributed by atoms with Gasteiger partial charge in [0.15, 0.2) is 5.82 Å². The second-order valence-electron chi connectivity index (χ2n) is 7.18. The SMILES string of the molecule is NC(=O)C(c1ccc(F)cc1)c1cccc(-c2n[nH]c3ccc(-c4ncn[nH]4)cc23)c1. The Labute approximate surface area is 176 Å². The predicted octanol–water partition coefficient (Wildman–Crippen LogP) is 3.77. The first-order chi connectivity index (χ1) is 15.1. The lowest BCUT2D eigenvalue weighted by Gasteiger charge is -2.15. The number of nitrogens with zero attached hydrogens (tertiary/aromatic N) is 3. The van der Waals surface area contributed by atoms with Crippen molar-refractivity contribution in [2.24, 2.45) is 5.73 Å². The molecule has 0 radical (unpaired) electrons. The lowest BCUT2D eigenvalue weighted by molar-refractivity contribution is -0.118. The van der Waals surface area contributed by atoms with Gasteiger partial charge in [-0.05, 0) is 47.5 Å². The molecule has 0 saturated heterocycles. The smallest absolute Gasteiger partial charge is 0.229 e. The monoisotopic (exact) mass is 412 g/mol. The average Bonchev–Trinajstić information content (AvgIpc) is 3.45. The Kier molecular flexibility index (Phi) is 4.51. The highest BCUT2D eigenvalue weighted by Gasteiger charge is 2.21. The van der Waals surface area contributed by atoms with Gasteiger partial charge < -0.3 is 5.73 Å². The summed E-state index contributed by atoms with van der Waals surface area (Å²) in [5.41, 5.74) is 10.4. The molecule has 1 atom stereocenters. The molecule has 7 nitrogen and oxygen atoms in total. The first kappa shape index (κ1) is 18.7. The van der Waals surface area contributed by atoms with Crippen LogP contribution >= 0.6 is 0 Å². The van der Waals surface area contributed by atoms with Crippen LogP contribution in [0.2, 0.25) is 0 Å². The number of primary amides is 1. The summed E-state index contributed by atoms with van der Waals surface area (Å²) in [5, 5.41) is 15.2. The molecule has 0 saturated carbocycles. The molecule has 4 N–H and O–H groups in total. The number of nitrogens with one attached hydrogen (secondary N) is 2. The molecule has 0 aliphatic rings. The molecule has 8 heteroatoms. The molecule has 2 aromatic heterocycles. The second-order valence-corrected chi connectivity index (χ2v) is 7.18. The first-order valence-corrected chi connectivity index (χ1v) is 9.59. The van der Waals surface area contributed by atoms with E-state index in [4.69, 9.17) is 5.73 Å². The molecule has 0 aliphatic heterocycles. The lowest BCUT2D eigenvalue weighted by Crippen LogP contribution is -2.22. The molecule has 0 fully saturated rings. The highest BCUT2D eigenvalue weighted by molar-refractivity contribution is 5.95. The van der Waals surface area contributed by atoms with Gasteiger partial charge in [-0.25, -0.2) is 9.37 Å². The summed E-state index contributed by atoms with van der Waals surface area (Å²) in [4.78, 5) is 16.5. The standard InChI is InChI=1S/C23H17FN6O/c24-17-7-4-13(5-8-17)20(22(25)31)14-2-1-3-15(10-14)21-18-11-16(23-26-12-27-30-23)6-9-19(18)28-29-21/h1-12,20H,(H2,25,31)(H,28,29)(H,26,27,30). The van der Waals surface area contributed by atoms with Gasteiger partial charge in [-0.2, -0.15) is 10.2 Å². The van der Waals surface area contributed by atoms with E-state index in [0.717, 1.165) is 27.7 Å². The molecular formula is C23H17FN6O. The fourth-order valence-electron chi connectivity index (χ4n) is 3.77. The number of benzene rings is 3. The van der Waals surface area contributed by atoms with Gasteiger partial charge in [0, 0.05) is 16.5 Å². The number of aromatic nitrogens is 5. The Bertz CT molecular complexity index is 1380. The quantitative estimate of drug-likeness (QED) is 0.408. The zero-order valence-corrected chi connectivity index (χ0v) is 16.2. The van der Waals surface area contributed by atoms with E-state index < -0.39 is 11.8 Å². The van der Waals surface area contributed by atoms with E-state index in [1.54, 1.807) is 12.1 Å². The molecule has 1 unspecified atom stereocenters. The number of halogens is 1. The third-order valence-corrected chi connectivity index (χ3v) is 5.23. The van der Waals surface area contributed by atoms with Crippen molar-refractivity contribution < 1.29 is 9.18 Å². The van der Waals surface area contributed by atoms with E-state index in [2.05, 4.69) is 25.4 Å². The number of carbonyl (C=O) groups is 1. The summed E-state index contributed by atoms with van der Waals surface area (Å²) in [7, 11) is 0. The summed E-state index contributed by atoms with van der Waals surface area (Å²) < 4.78 is 13.3. The van der Waals surface area contributed by atoms with Crippen LogP contribution < -0.4 is 5.73 Å². The van der Waals surface area contributed by atoms with E-state index >= 15 is 0 Å². The van der Waals surface area contributed by atoms with Crippen molar-refractivity contribution in [1.82, 2.24) is 25.4 Å². The third-order valence-electron chi connectivity index (χ3n) is 5.23. The number of nitrogens with two attached hydrogens (primary N) is 1. The van der Waals surface area contributed by atoms with Crippen LogP contribution in [0.5, 0.6) is 0 Å². The maximum absolute atomic E-state index is 13.3. The zero-order chi connectivity index (χ0) is 21.4. The Morgan fingerprint density at radius 3 is 2.52 bits per heavy atom. The number of H-pyrrole nitrogens is 2. The molecule has 5 aromatic rings. The van der Waals surface area contributed by atoms with Gasteiger partial charge in [0.1, 0.15) is 12.1 Å². The number of hydrogen-bond acceptors (Lipinski definition) is 4. The van der Waals surface area contributed by atoms with Crippen molar-refractivity contribution >= 4 is 16.8 Å². The number of hydrogen-bond donors (Lipinski definition) is 3. The average molecular weight is 412 g/mol. The predicted molar refractivity (Wildman–Crippen MR) is 114 cm³/mol. The van der Waals surface area contributed by atoms with Gasteiger partial charge in [-0.15, -0.1) is 0 Å². The van der Waals surface area contributed by atoms with Crippen LogP contribution in [0, 0.1) is 5.82 Å². The fraction of sp³-hybridized carbons (Fsp3) is 0.0435. The molecule has 1 amide bonds. The van der Waals surface area contributed by atoms with Crippen molar-refractivity contribution in [3.8, 4) is 22.6 Å². The van der Waals surface area contributed by atoms with Crippen molar-refractivity contribution in [3.63, 3.8) is 0 Å². The van der Waals surface area contributed by atoms with Gasteiger partial charge in [0.25, 0.3) is 0 Å². The Morgan fingerprint density at radius 2 is 1.77 bits per heavy atom. The van der Waals surface area contributed by atoms with Crippen LogP contribution in [0.3, 0.4) is 0 Å². The Balaban J connectivity index is 1.60.